The van der Waals surface area contributed by atoms with Crippen molar-refractivity contribution in [2.24, 2.45) is 5.14 Å². The number of aliphatic hydroxyl groups excluding tert-OH is 1. The van der Waals surface area contributed by atoms with Gasteiger partial charge < -0.3 is 15.7 Å². The molecule has 2 aromatic rings. The number of nitrogens with two attached hydrogens (primary N) is 1. The van der Waals surface area contributed by atoms with Crippen molar-refractivity contribution in [3.63, 3.8) is 0 Å². The molecular formula is C16H20F3N5O2S. The van der Waals surface area contributed by atoms with E-state index in [1.807, 2.05) is 0 Å². The van der Waals surface area contributed by atoms with E-state index < -0.39 is 39.4 Å². The van der Waals surface area contributed by atoms with E-state index in [0.29, 0.717) is 16.8 Å². The van der Waals surface area contributed by atoms with Crippen LogP contribution in [0.4, 0.5) is 30.6 Å². The number of rotatable bonds is 6. The van der Waals surface area contributed by atoms with Crippen LogP contribution in [0.5, 0.6) is 0 Å². The maximum atomic E-state index is 13.2. The molecule has 3 atom stereocenters. The van der Waals surface area contributed by atoms with E-state index >= 15 is 0 Å². The minimum absolute atomic E-state index is 0.0841. The molecule has 0 fully saturated rings. The second kappa shape index (κ2) is 7.71. The summed E-state index contributed by atoms with van der Waals surface area (Å²) >= 11 is 0. The van der Waals surface area contributed by atoms with Gasteiger partial charge in [-0.1, -0.05) is 0 Å². The molecule has 0 aliphatic rings. The van der Waals surface area contributed by atoms with Crippen molar-refractivity contribution in [1.29, 1.82) is 0 Å². The summed E-state index contributed by atoms with van der Waals surface area (Å²) in [7, 11) is -2.86. The largest absolute Gasteiger partial charge is 0.421 e. The first kappa shape index (κ1) is 20.9. The SMILES string of the molecule is C=S(N)(=O)c1ccc(Nc2ncc(C(F)(F)F)c(N[C@H](C)[C@@H](C)O)n2)cc1. The topological polar surface area (TPSA) is 113 Å². The van der Waals surface area contributed by atoms with Crippen LogP contribution in [0.3, 0.4) is 0 Å². The van der Waals surface area contributed by atoms with Gasteiger partial charge in [0.2, 0.25) is 5.95 Å². The third kappa shape index (κ3) is 5.55. The zero-order valence-corrected chi connectivity index (χ0v) is 15.4. The normalized spacial score (nSPS) is 16.3. The lowest BCUT2D eigenvalue weighted by molar-refractivity contribution is -0.137. The van der Waals surface area contributed by atoms with Crippen LogP contribution in [0.2, 0.25) is 0 Å². The van der Waals surface area contributed by atoms with E-state index in [2.05, 4.69) is 26.5 Å². The zero-order valence-electron chi connectivity index (χ0n) is 14.6. The van der Waals surface area contributed by atoms with E-state index in [0.717, 1.165) is 0 Å². The smallest absolute Gasteiger partial charge is 0.391 e. The molecule has 0 saturated carbocycles. The van der Waals surface area contributed by atoms with Crippen molar-refractivity contribution in [2.45, 2.75) is 37.1 Å². The van der Waals surface area contributed by atoms with Gasteiger partial charge in [-0.2, -0.15) is 18.2 Å². The Labute approximate surface area is 155 Å². The van der Waals surface area contributed by atoms with Crippen LogP contribution >= 0.6 is 0 Å². The fourth-order valence-electron chi connectivity index (χ4n) is 1.99. The van der Waals surface area contributed by atoms with Gasteiger partial charge in [-0.3, -0.25) is 5.14 Å². The third-order valence-electron chi connectivity index (χ3n) is 3.69. The molecule has 1 aromatic heterocycles. The van der Waals surface area contributed by atoms with Gasteiger partial charge in [0.25, 0.3) is 0 Å². The van der Waals surface area contributed by atoms with E-state index in [9.17, 15) is 22.5 Å². The van der Waals surface area contributed by atoms with Crippen LogP contribution in [-0.4, -0.2) is 37.3 Å². The Kier molecular flexibility index (Phi) is 5.97. The first-order valence-corrected chi connectivity index (χ1v) is 9.58. The molecule has 27 heavy (non-hydrogen) atoms. The average Bonchev–Trinajstić information content (AvgIpc) is 2.53. The van der Waals surface area contributed by atoms with Gasteiger partial charge in [-0.25, -0.2) is 9.19 Å². The van der Waals surface area contributed by atoms with Gasteiger partial charge in [0.15, 0.2) is 0 Å². The Hall–Kier alpha value is -2.37. The van der Waals surface area contributed by atoms with Crippen LogP contribution in [0.1, 0.15) is 19.4 Å². The van der Waals surface area contributed by atoms with Crippen LogP contribution in [0.25, 0.3) is 0 Å². The highest BCUT2D eigenvalue weighted by Gasteiger charge is 2.35. The number of anilines is 3. The number of benzene rings is 1. The van der Waals surface area contributed by atoms with E-state index in [4.69, 9.17) is 5.14 Å². The van der Waals surface area contributed by atoms with Gasteiger partial charge in [0.05, 0.1) is 21.9 Å². The molecule has 2 rings (SSSR count). The highest BCUT2D eigenvalue weighted by atomic mass is 32.2. The molecule has 0 spiro atoms. The van der Waals surface area contributed by atoms with Crippen LogP contribution < -0.4 is 15.8 Å². The summed E-state index contributed by atoms with van der Waals surface area (Å²) in [5.41, 5.74) is -0.590. The summed E-state index contributed by atoms with van der Waals surface area (Å²) in [5, 5.41) is 20.3. The number of hydrogen-bond acceptors (Lipinski definition) is 6. The molecule has 5 N–H and O–H groups in total. The Balaban J connectivity index is 2.32. The maximum Gasteiger partial charge on any atom is 0.421 e. The number of aliphatic hydroxyl groups is 1. The van der Waals surface area contributed by atoms with Crippen molar-refractivity contribution >= 4 is 33.0 Å². The molecule has 0 bridgehead atoms. The summed E-state index contributed by atoms with van der Waals surface area (Å²) in [5.74, 6) is 2.83. The minimum atomic E-state index is -4.66. The number of nitrogens with one attached hydrogen (secondary N) is 2. The van der Waals surface area contributed by atoms with Gasteiger partial charge in [-0.15, -0.1) is 0 Å². The van der Waals surface area contributed by atoms with Crippen LogP contribution in [0.15, 0.2) is 35.4 Å². The number of aromatic nitrogens is 2. The molecule has 1 unspecified atom stereocenters. The first-order valence-electron chi connectivity index (χ1n) is 7.79. The summed E-state index contributed by atoms with van der Waals surface area (Å²) in [4.78, 5) is 7.88. The molecule has 7 nitrogen and oxygen atoms in total. The maximum absolute atomic E-state index is 13.2. The van der Waals surface area contributed by atoms with Crippen LogP contribution in [0, 0.1) is 0 Å². The number of alkyl halides is 3. The predicted octanol–water partition coefficient (Wildman–Crippen LogP) is 2.37. The van der Waals surface area contributed by atoms with E-state index in [1.54, 1.807) is 0 Å². The Morgan fingerprint density at radius 1 is 1.26 bits per heavy atom. The van der Waals surface area contributed by atoms with Gasteiger partial charge in [0.1, 0.15) is 11.4 Å². The Morgan fingerprint density at radius 3 is 2.33 bits per heavy atom. The van der Waals surface area contributed by atoms with Crippen molar-refractivity contribution in [2.75, 3.05) is 10.6 Å². The fraction of sp³-hybridized carbons (Fsp3) is 0.312. The lowest BCUT2D eigenvalue weighted by Crippen LogP contribution is -2.29. The molecule has 1 aromatic carbocycles. The van der Waals surface area contributed by atoms with E-state index in [-0.39, 0.29) is 5.95 Å². The summed E-state index contributed by atoms with van der Waals surface area (Å²) in [6, 6.07) is 5.36. The van der Waals surface area contributed by atoms with Gasteiger partial charge >= 0.3 is 6.18 Å². The van der Waals surface area contributed by atoms with Crippen molar-refractivity contribution < 1.29 is 22.5 Å². The molecule has 0 aliphatic heterocycles. The van der Waals surface area contributed by atoms with E-state index in [1.165, 1.54) is 38.1 Å². The predicted molar refractivity (Wildman–Crippen MR) is 99.2 cm³/mol. The molecule has 0 aliphatic carbocycles. The lowest BCUT2D eigenvalue weighted by atomic mass is 10.2. The Morgan fingerprint density at radius 2 is 1.85 bits per heavy atom. The van der Waals surface area contributed by atoms with Crippen molar-refractivity contribution in [3.8, 4) is 0 Å². The summed E-state index contributed by atoms with van der Waals surface area (Å²) < 4.78 is 51.2. The summed E-state index contributed by atoms with van der Waals surface area (Å²) in [6.45, 7) is 2.98. The highest BCUT2D eigenvalue weighted by Crippen LogP contribution is 2.34. The monoisotopic (exact) mass is 403 g/mol. The molecular weight excluding hydrogens is 383 g/mol. The number of nitrogens with zero attached hydrogens (tertiary/aromatic N) is 2. The quantitative estimate of drug-likeness (QED) is 0.551. The van der Waals surface area contributed by atoms with Crippen molar-refractivity contribution in [3.05, 3.63) is 36.0 Å². The molecule has 0 amide bonds. The molecule has 11 heteroatoms. The zero-order chi connectivity index (χ0) is 20.4. The van der Waals surface area contributed by atoms with Crippen LogP contribution in [-0.2, 0) is 15.9 Å². The van der Waals surface area contributed by atoms with Crippen molar-refractivity contribution in [1.82, 2.24) is 9.97 Å². The first-order chi connectivity index (χ1) is 12.4. The molecule has 1 heterocycles. The minimum Gasteiger partial charge on any atom is -0.391 e. The number of hydrogen-bond donors (Lipinski definition) is 4. The molecule has 0 saturated heterocycles. The second-order valence-electron chi connectivity index (χ2n) is 6.00. The average molecular weight is 403 g/mol. The molecule has 0 radical (unpaired) electrons. The highest BCUT2D eigenvalue weighted by molar-refractivity contribution is 7.98. The molecule has 148 valence electrons. The van der Waals surface area contributed by atoms with Gasteiger partial charge in [-0.05, 0) is 44.0 Å². The standard InChI is InChI=1S/C16H20F3N5O2S/c1-9(10(2)25)22-14-13(16(17,18)19)8-21-15(24-14)23-11-4-6-12(7-5-11)27(3,20)26/h4-10,25H,3H2,1-2H3,(H2,20,26)(H2,21,22,23,24)/t9-,10-,27?/m1/s1. The second-order valence-corrected chi connectivity index (χ2v) is 7.93. The lowest BCUT2D eigenvalue weighted by Gasteiger charge is -2.20. The van der Waals surface area contributed by atoms with Gasteiger partial charge in [0, 0.05) is 16.8 Å². The Bertz CT molecular complexity index is 899. The fourth-order valence-corrected chi connectivity index (χ4v) is 2.59. The number of halogens is 3. The third-order valence-corrected chi connectivity index (χ3v) is 4.76. The summed E-state index contributed by atoms with van der Waals surface area (Å²) in [6.07, 6.45) is -4.89.